The van der Waals surface area contributed by atoms with E-state index in [0.29, 0.717) is 0 Å². The summed E-state index contributed by atoms with van der Waals surface area (Å²) in [4.78, 5) is 13.6. The van der Waals surface area contributed by atoms with Crippen LogP contribution in [0.25, 0.3) is 0 Å². The Hall–Kier alpha value is 0.110. The maximum Gasteiger partial charge on any atom is 0.235 e. The number of halogens is 1. The quantitative estimate of drug-likeness (QED) is 0.311. The molecule has 0 spiro atoms. The van der Waals surface area contributed by atoms with E-state index in [2.05, 4.69) is 27.6 Å². The van der Waals surface area contributed by atoms with Gasteiger partial charge in [0.05, 0.1) is 5.54 Å². The molecule has 0 aliphatic heterocycles. The third kappa shape index (κ3) is 1.33. The molecule has 1 saturated carbocycles. The molecule has 0 aromatic rings. The highest BCUT2D eigenvalue weighted by Gasteiger charge is 2.35. The maximum absolute atomic E-state index is 9.88. The van der Waals surface area contributed by atoms with Crippen LogP contribution < -0.4 is 0 Å². The number of isocyanates is 1. The van der Waals surface area contributed by atoms with Gasteiger partial charge >= 0.3 is 0 Å². The average Bonchev–Trinajstić information content (AvgIpc) is 1.79. The topological polar surface area (TPSA) is 29.4 Å². The number of alkyl halides is 1. The van der Waals surface area contributed by atoms with E-state index in [1.54, 1.807) is 6.08 Å². The van der Waals surface area contributed by atoms with Gasteiger partial charge in [-0.05, 0) is 19.3 Å². The standard InChI is InChI=1S/C6H8INO/c7-4-6(8-5-9)2-1-3-6/h1-4H2. The highest BCUT2D eigenvalue weighted by atomic mass is 127. The molecule has 50 valence electrons. The van der Waals surface area contributed by atoms with E-state index in [4.69, 9.17) is 0 Å². The molecule has 1 aliphatic carbocycles. The molecule has 9 heavy (non-hydrogen) atoms. The number of rotatable bonds is 2. The molecule has 0 N–H and O–H groups in total. The van der Waals surface area contributed by atoms with E-state index in [0.717, 1.165) is 17.3 Å². The van der Waals surface area contributed by atoms with E-state index in [1.807, 2.05) is 0 Å². The zero-order chi connectivity index (χ0) is 6.74. The molecule has 1 rings (SSSR count). The SMILES string of the molecule is O=C=NC1(CI)CCC1. The van der Waals surface area contributed by atoms with Crippen LogP contribution in [0.1, 0.15) is 19.3 Å². The molecule has 0 atom stereocenters. The van der Waals surface area contributed by atoms with E-state index >= 15 is 0 Å². The number of hydrogen-bond donors (Lipinski definition) is 0. The van der Waals surface area contributed by atoms with Gasteiger partial charge in [0.2, 0.25) is 6.08 Å². The van der Waals surface area contributed by atoms with E-state index < -0.39 is 0 Å². The lowest BCUT2D eigenvalue weighted by atomic mass is 9.79. The van der Waals surface area contributed by atoms with Crippen molar-refractivity contribution in [2.24, 2.45) is 4.99 Å². The second kappa shape index (κ2) is 2.80. The Morgan fingerprint density at radius 1 is 1.67 bits per heavy atom. The van der Waals surface area contributed by atoms with Gasteiger partial charge in [-0.3, -0.25) is 0 Å². The van der Waals surface area contributed by atoms with Crippen LogP contribution in [0.3, 0.4) is 0 Å². The van der Waals surface area contributed by atoms with Crippen LogP contribution in [0.4, 0.5) is 0 Å². The van der Waals surface area contributed by atoms with Gasteiger partial charge in [0.15, 0.2) is 0 Å². The largest absolute Gasteiger partial charge is 0.235 e. The van der Waals surface area contributed by atoms with E-state index in [-0.39, 0.29) is 5.54 Å². The minimum atomic E-state index is 0.00229. The van der Waals surface area contributed by atoms with Crippen molar-refractivity contribution in [3.8, 4) is 0 Å². The van der Waals surface area contributed by atoms with Crippen LogP contribution in [-0.2, 0) is 4.79 Å². The average molecular weight is 237 g/mol. The Labute approximate surface area is 67.9 Å². The summed E-state index contributed by atoms with van der Waals surface area (Å²) in [5.41, 5.74) is 0.00229. The molecule has 0 heterocycles. The highest BCUT2D eigenvalue weighted by molar-refractivity contribution is 14.1. The molecule has 1 fully saturated rings. The van der Waals surface area contributed by atoms with Crippen LogP contribution in [-0.4, -0.2) is 16.0 Å². The minimum absolute atomic E-state index is 0.00229. The second-order valence-corrected chi connectivity index (χ2v) is 3.18. The third-order valence-corrected chi connectivity index (χ3v) is 3.24. The fraction of sp³-hybridized carbons (Fsp3) is 0.833. The number of nitrogens with zero attached hydrogens (tertiary/aromatic N) is 1. The molecular weight excluding hydrogens is 229 g/mol. The predicted octanol–water partition coefficient (Wildman–Crippen LogP) is 1.68. The maximum atomic E-state index is 9.88. The number of hydrogen-bond acceptors (Lipinski definition) is 2. The van der Waals surface area contributed by atoms with Crippen LogP contribution in [0.15, 0.2) is 4.99 Å². The lowest BCUT2D eigenvalue weighted by Crippen LogP contribution is -2.36. The van der Waals surface area contributed by atoms with Gasteiger partial charge in [-0.25, -0.2) is 4.79 Å². The van der Waals surface area contributed by atoms with Crippen LogP contribution in [0.5, 0.6) is 0 Å². The van der Waals surface area contributed by atoms with Crippen LogP contribution in [0.2, 0.25) is 0 Å². The smallest absolute Gasteiger partial charge is 0.211 e. The Bertz CT molecular complexity index is 142. The molecule has 0 bridgehead atoms. The van der Waals surface area contributed by atoms with Crippen LogP contribution in [0, 0.1) is 0 Å². The molecule has 0 aromatic heterocycles. The van der Waals surface area contributed by atoms with Crippen molar-refractivity contribution < 1.29 is 4.79 Å². The van der Waals surface area contributed by atoms with Gasteiger partial charge in [0.1, 0.15) is 0 Å². The van der Waals surface area contributed by atoms with Crippen molar-refractivity contribution in [2.45, 2.75) is 24.8 Å². The minimum Gasteiger partial charge on any atom is -0.211 e. The summed E-state index contributed by atoms with van der Waals surface area (Å²) in [6.07, 6.45) is 5.00. The Balaban J connectivity index is 2.56. The number of aliphatic imine (C=N–C) groups is 1. The van der Waals surface area contributed by atoms with Crippen molar-refractivity contribution in [1.82, 2.24) is 0 Å². The summed E-state index contributed by atoms with van der Waals surface area (Å²) in [6.45, 7) is 0. The zero-order valence-electron chi connectivity index (χ0n) is 5.06. The summed E-state index contributed by atoms with van der Waals surface area (Å²) >= 11 is 2.27. The van der Waals surface area contributed by atoms with Gasteiger partial charge < -0.3 is 0 Å². The first-order valence-corrected chi connectivity index (χ1v) is 4.50. The first-order valence-electron chi connectivity index (χ1n) is 2.98. The molecule has 0 saturated heterocycles. The monoisotopic (exact) mass is 237 g/mol. The summed E-state index contributed by atoms with van der Waals surface area (Å²) in [6, 6.07) is 0. The summed E-state index contributed by atoms with van der Waals surface area (Å²) in [5, 5.41) is 0. The van der Waals surface area contributed by atoms with Crippen LogP contribution >= 0.6 is 22.6 Å². The fourth-order valence-electron chi connectivity index (χ4n) is 0.957. The summed E-state index contributed by atoms with van der Waals surface area (Å²) in [7, 11) is 0. The first kappa shape index (κ1) is 7.22. The van der Waals surface area contributed by atoms with Gasteiger partial charge in [-0.1, -0.05) is 22.6 Å². The normalized spacial score (nSPS) is 21.9. The first-order chi connectivity index (χ1) is 4.33. The molecule has 0 amide bonds. The Morgan fingerprint density at radius 3 is 2.44 bits per heavy atom. The molecule has 0 unspecified atom stereocenters. The van der Waals surface area contributed by atoms with Crippen molar-refractivity contribution in [3.05, 3.63) is 0 Å². The lowest BCUT2D eigenvalue weighted by molar-refractivity contribution is 0.289. The van der Waals surface area contributed by atoms with Crippen molar-refractivity contribution >= 4 is 28.7 Å². The molecule has 2 nitrogen and oxygen atoms in total. The van der Waals surface area contributed by atoms with Gasteiger partial charge in [0, 0.05) is 4.43 Å². The highest BCUT2D eigenvalue weighted by Crippen LogP contribution is 2.36. The van der Waals surface area contributed by atoms with Gasteiger partial charge in [-0.15, -0.1) is 0 Å². The molecule has 3 heteroatoms. The molecule has 0 aromatic carbocycles. The summed E-state index contributed by atoms with van der Waals surface area (Å²) in [5.74, 6) is 0. The third-order valence-electron chi connectivity index (χ3n) is 1.82. The molecule has 1 aliphatic rings. The molecular formula is C6H8INO. The Kier molecular flexibility index (Phi) is 2.24. The Morgan fingerprint density at radius 2 is 2.33 bits per heavy atom. The lowest BCUT2D eigenvalue weighted by Gasteiger charge is -2.34. The van der Waals surface area contributed by atoms with Crippen molar-refractivity contribution in [1.29, 1.82) is 0 Å². The number of carbonyl (C=O) groups excluding carboxylic acids is 1. The summed E-state index contributed by atoms with van der Waals surface area (Å²) < 4.78 is 0.958. The van der Waals surface area contributed by atoms with E-state index in [9.17, 15) is 4.79 Å². The van der Waals surface area contributed by atoms with Gasteiger partial charge in [0.25, 0.3) is 0 Å². The molecule has 0 radical (unpaired) electrons. The van der Waals surface area contributed by atoms with Crippen molar-refractivity contribution in [3.63, 3.8) is 0 Å². The second-order valence-electron chi connectivity index (χ2n) is 2.41. The van der Waals surface area contributed by atoms with E-state index in [1.165, 1.54) is 6.42 Å². The van der Waals surface area contributed by atoms with Crippen molar-refractivity contribution in [2.75, 3.05) is 4.43 Å². The fourth-order valence-corrected chi connectivity index (χ4v) is 1.89. The van der Waals surface area contributed by atoms with Gasteiger partial charge in [-0.2, -0.15) is 4.99 Å². The predicted molar refractivity (Wildman–Crippen MR) is 43.6 cm³/mol. The zero-order valence-corrected chi connectivity index (χ0v) is 7.22.